The van der Waals surface area contributed by atoms with E-state index in [0.717, 1.165) is 50.4 Å². The molecule has 0 aliphatic carbocycles. The van der Waals surface area contributed by atoms with Crippen molar-refractivity contribution in [2.24, 2.45) is 0 Å². The lowest BCUT2D eigenvalue weighted by Gasteiger charge is -2.08. The molecule has 136 valence electrons. The van der Waals surface area contributed by atoms with E-state index in [2.05, 4.69) is 31.7 Å². The van der Waals surface area contributed by atoms with Gasteiger partial charge in [0.25, 0.3) is 0 Å². The molecular formula is C18H20ClN5S2. The maximum absolute atomic E-state index is 6.24. The lowest BCUT2D eigenvalue weighted by atomic mass is 10.2. The zero-order valence-electron chi connectivity index (χ0n) is 14.9. The number of thioether (sulfide) groups is 2. The highest BCUT2D eigenvalue weighted by Gasteiger charge is 2.13. The Hall–Kier alpha value is -1.57. The third kappa shape index (κ3) is 4.78. The molecule has 0 bridgehead atoms. The Balaban J connectivity index is 1.68. The van der Waals surface area contributed by atoms with Crippen LogP contribution >= 0.6 is 35.1 Å². The summed E-state index contributed by atoms with van der Waals surface area (Å²) in [6.45, 7) is 6.89. The van der Waals surface area contributed by atoms with E-state index < -0.39 is 0 Å². The highest BCUT2D eigenvalue weighted by Crippen LogP contribution is 2.27. The summed E-state index contributed by atoms with van der Waals surface area (Å²) < 4.78 is 2.14. The summed E-state index contributed by atoms with van der Waals surface area (Å²) in [7, 11) is 0. The van der Waals surface area contributed by atoms with Gasteiger partial charge in [-0.3, -0.25) is 0 Å². The summed E-state index contributed by atoms with van der Waals surface area (Å²) in [6, 6.07) is 9.86. The van der Waals surface area contributed by atoms with Gasteiger partial charge in [-0.15, -0.1) is 10.2 Å². The van der Waals surface area contributed by atoms with Crippen molar-refractivity contribution in [2.45, 2.75) is 49.1 Å². The third-order valence-corrected chi connectivity index (χ3v) is 5.94. The van der Waals surface area contributed by atoms with Crippen LogP contribution in [0.5, 0.6) is 0 Å². The van der Waals surface area contributed by atoms with Crippen molar-refractivity contribution in [2.75, 3.05) is 0 Å². The molecule has 2 heterocycles. The number of aryl methyl sites for hydroxylation is 2. The van der Waals surface area contributed by atoms with Crippen molar-refractivity contribution in [1.82, 2.24) is 24.7 Å². The summed E-state index contributed by atoms with van der Waals surface area (Å²) in [6.07, 6.45) is 0. The Morgan fingerprint density at radius 3 is 2.42 bits per heavy atom. The molecule has 26 heavy (non-hydrogen) atoms. The van der Waals surface area contributed by atoms with Gasteiger partial charge in [0.2, 0.25) is 0 Å². The lowest BCUT2D eigenvalue weighted by molar-refractivity contribution is 0.659. The van der Waals surface area contributed by atoms with Crippen LogP contribution in [0.1, 0.15) is 29.7 Å². The summed E-state index contributed by atoms with van der Waals surface area (Å²) >= 11 is 9.48. The van der Waals surface area contributed by atoms with Crippen molar-refractivity contribution in [3.8, 4) is 0 Å². The van der Waals surface area contributed by atoms with E-state index in [0.29, 0.717) is 5.75 Å². The molecule has 0 fully saturated rings. The van der Waals surface area contributed by atoms with Gasteiger partial charge in [0.05, 0.1) is 5.75 Å². The van der Waals surface area contributed by atoms with Crippen LogP contribution in [0.2, 0.25) is 5.02 Å². The maximum atomic E-state index is 6.24. The SMILES string of the molecule is CCn1c(CSc2nc(C)cc(C)n2)nnc1SCc1ccccc1Cl. The first-order valence-electron chi connectivity index (χ1n) is 8.30. The third-order valence-electron chi connectivity index (χ3n) is 3.72. The van der Waals surface area contributed by atoms with Crippen molar-refractivity contribution in [3.05, 3.63) is 58.1 Å². The Bertz CT molecular complexity index is 877. The van der Waals surface area contributed by atoms with E-state index in [1.54, 1.807) is 23.5 Å². The predicted octanol–water partition coefficient (Wildman–Crippen LogP) is 4.94. The number of hydrogen-bond acceptors (Lipinski definition) is 6. The predicted molar refractivity (Wildman–Crippen MR) is 108 cm³/mol. The number of halogens is 1. The number of benzene rings is 1. The van der Waals surface area contributed by atoms with E-state index in [9.17, 15) is 0 Å². The second kappa shape index (κ2) is 8.88. The molecule has 0 saturated heterocycles. The van der Waals surface area contributed by atoms with Gasteiger partial charge in [0.1, 0.15) is 5.82 Å². The van der Waals surface area contributed by atoms with E-state index in [-0.39, 0.29) is 0 Å². The van der Waals surface area contributed by atoms with Gasteiger partial charge in [0, 0.05) is 28.7 Å². The highest BCUT2D eigenvalue weighted by molar-refractivity contribution is 7.98. The largest absolute Gasteiger partial charge is 0.306 e. The van der Waals surface area contributed by atoms with E-state index in [1.807, 2.05) is 44.2 Å². The molecule has 1 aromatic carbocycles. The van der Waals surface area contributed by atoms with Gasteiger partial charge in [-0.2, -0.15) is 0 Å². The number of hydrogen-bond donors (Lipinski definition) is 0. The molecule has 3 rings (SSSR count). The van der Waals surface area contributed by atoms with E-state index in [1.165, 1.54) is 0 Å². The molecule has 0 radical (unpaired) electrons. The van der Waals surface area contributed by atoms with Crippen molar-refractivity contribution >= 4 is 35.1 Å². The lowest BCUT2D eigenvalue weighted by Crippen LogP contribution is -2.03. The van der Waals surface area contributed by atoms with Gasteiger partial charge >= 0.3 is 0 Å². The monoisotopic (exact) mass is 405 g/mol. The molecule has 2 aromatic heterocycles. The van der Waals surface area contributed by atoms with Crippen LogP contribution in [0, 0.1) is 13.8 Å². The van der Waals surface area contributed by atoms with Crippen molar-refractivity contribution < 1.29 is 0 Å². The molecule has 0 saturated carbocycles. The van der Waals surface area contributed by atoms with Crippen LogP contribution in [-0.4, -0.2) is 24.7 Å². The molecule has 3 aromatic rings. The Labute approximate surface area is 167 Å². The Kier molecular flexibility index (Phi) is 6.56. The Morgan fingerprint density at radius 2 is 1.73 bits per heavy atom. The molecular weight excluding hydrogens is 386 g/mol. The zero-order chi connectivity index (χ0) is 18.5. The molecule has 0 spiro atoms. The minimum absolute atomic E-state index is 0.691. The van der Waals surface area contributed by atoms with Crippen molar-refractivity contribution in [3.63, 3.8) is 0 Å². The highest BCUT2D eigenvalue weighted by atomic mass is 35.5. The standard InChI is InChI=1S/C18H20ClN5S2/c1-4-24-16(11-25-17-20-12(2)9-13(3)21-17)22-23-18(24)26-10-14-7-5-6-8-15(14)19/h5-9H,4,10-11H2,1-3H3. The van der Waals surface area contributed by atoms with E-state index >= 15 is 0 Å². The van der Waals surface area contributed by atoms with Crippen LogP contribution < -0.4 is 0 Å². The van der Waals surface area contributed by atoms with Gasteiger partial charge in [-0.05, 0) is 38.5 Å². The minimum atomic E-state index is 0.691. The molecule has 8 heteroatoms. The average Bonchev–Trinajstić information content (AvgIpc) is 3.00. The van der Waals surface area contributed by atoms with Gasteiger partial charge in [0.15, 0.2) is 10.3 Å². The fourth-order valence-corrected chi connectivity index (χ4v) is 4.69. The second-order valence-electron chi connectivity index (χ2n) is 5.75. The normalized spacial score (nSPS) is 11.1. The molecule has 0 amide bonds. The first-order chi connectivity index (χ1) is 12.6. The quantitative estimate of drug-likeness (QED) is 0.409. The van der Waals surface area contributed by atoms with Crippen LogP contribution in [0.4, 0.5) is 0 Å². The average molecular weight is 406 g/mol. The van der Waals surface area contributed by atoms with Crippen LogP contribution in [0.3, 0.4) is 0 Å². The summed E-state index contributed by atoms with van der Waals surface area (Å²) in [4.78, 5) is 8.94. The summed E-state index contributed by atoms with van der Waals surface area (Å²) in [5.41, 5.74) is 3.06. The van der Waals surface area contributed by atoms with Gasteiger partial charge in [-0.25, -0.2) is 9.97 Å². The molecule has 0 atom stereocenters. The fraction of sp³-hybridized carbons (Fsp3) is 0.333. The first kappa shape index (κ1) is 19.2. The minimum Gasteiger partial charge on any atom is -0.306 e. The second-order valence-corrected chi connectivity index (χ2v) is 8.04. The Morgan fingerprint density at radius 1 is 1.00 bits per heavy atom. The first-order valence-corrected chi connectivity index (χ1v) is 10.6. The van der Waals surface area contributed by atoms with E-state index in [4.69, 9.17) is 11.6 Å². The molecule has 0 aliphatic heterocycles. The van der Waals surface area contributed by atoms with Crippen LogP contribution in [-0.2, 0) is 18.1 Å². The molecule has 5 nitrogen and oxygen atoms in total. The summed E-state index contributed by atoms with van der Waals surface area (Å²) in [5.74, 6) is 2.39. The zero-order valence-corrected chi connectivity index (χ0v) is 17.3. The maximum Gasteiger partial charge on any atom is 0.191 e. The molecule has 0 N–H and O–H groups in total. The van der Waals surface area contributed by atoms with Crippen LogP contribution in [0.15, 0.2) is 40.6 Å². The molecule has 0 aliphatic rings. The number of aromatic nitrogens is 5. The van der Waals surface area contributed by atoms with Gasteiger partial charge in [-0.1, -0.05) is 53.3 Å². The fourth-order valence-electron chi connectivity index (χ4n) is 2.50. The summed E-state index contributed by atoms with van der Waals surface area (Å²) in [5, 5.41) is 11.2. The van der Waals surface area contributed by atoms with Gasteiger partial charge < -0.3 is 4.57 Å². The number of rotatable bonds is 7. The van der Waals surface area contributed by atoms with Crippen LogP contribution in [0.25, 0.3) is 0 Å². The molecule has 0 unspecified atom stereocenters. The smallest absolute Gasteiger partial charge is 0.191 e. The number of nitrogens with zero attached hydrogens (tertiary/aromatic N) is 5. The van der Waals surface area contributed by atoms with Crippen molar-refractivity contribution in [1.29, 1.82) is 0 Å². The topological polar surface area (TPSA) is 56.5 Å².